The van der Waals surface area contributed by atoms with E-state index in [4.69, 9.17) is 4.42 Å². The first-order valence-corrected chi connectivity index (χ1v) is 7.69. The number of aryl methyl sites for hydroxylation is 2. The molecule has 2 heterocycles. The van der Waals surface area contributed by atoms with E-state index in [0.717, 1.165) is 16.1 Å². The maximum atomic E-state index is 9.39. The summed E-state index contributed by atoms with van der Waals surface area (Å²) in [4.78, 5) is 5.74. The third-order valence-corrected chi connectivity index (χ3v) is 4.31. The summed E-state index contributed by atoms with van der Waals surface area (Å²) in [7, 11) is 0. The lowest BCUT2D eigenvalue weighted by atomic mass is 10.1. The number of aromatic nitrogens is 1. The Morgan fingerprint density at radius 2 is 2.00 bits per heavy atom. The molecule has 3 nitrogen and oxygen atoms in total. The van der Waals surface area contributed by atoms with Crippen LogP contribution in [-0.2, 0) is 0 Å². The van der Waals surface area contributed by atoms with Crippen molar-refractivity contribution >= 4 is 23.0 Å². The number of hydrogen-bond acceptors (Lipinski definition) is 4. The minimum Gasteiger partial charge on any atom is -0.465 e. The van der Waals surface area contributed by atoms with E-state index < -0.39 is 0 Å². The molecule has 0 spiro atoms. The largest absolute Gasteiger partial charge is 0.465 e. The molecule has 0 amide bonds. The summed E-state index contributed by atoms with van der Waals surface area (Å²) in [6.45, 7) is 4.08. The molecule has 0 atom stereocenters. The van der Waals surface area contributed by atoms with E-state index >= 15 is 0 Å². The number of nitriles is 1. The first kappa shape index (κ1) is 14.3. The molecule has 0 radical (unpaired) electrons. The van der Waals surface area contributed by atoms with Gasteiger partial charge in [0.15, 0.2) is 0 Å². The Kier molecular flexibility index (Phi) is 3.90. The fourth-order valence-electron chi connectivity index (χ4n) is 2.15. The first-order chi connectivity index (χ1) is 10.7. The second kappa shape index (κ2) is 6.00. The van der Waals surface area contributed by atoms with Gasteiger partial charge in [-0.2, -0.15) is 5.26 Å². The molecule has 0 saturated heterocycles. The molecule has 0 aliphatic rings. The van der Waals surface area contributed by atoms with Crippen molar-refractivity contribution in [2.45, 2.75) is 13.8 Å². The van der Waals surface area contributed by atoms with Gasteiger partial charge in [-0.25, -0.2) is 4.98 Å². The smallest absolute Gasteiger partial charge is 0.135 e. The van der Waals surface area contributed by atoms with Crippen molar-refractivity contribution in [3.05, 3.63) is 63.9 Å². The molecule has 0 aliphatic heterocycles. The summed E-state index contributed by atoms with van der Waals surface area (Å²) in [6, 6.07) is 14.1. The standard InChI is InChI=1S/C18H14N2OS/c1-12-5-7-14(8-6-12)17-13(2)22-18(20-17)15(11-19)10-16-4-3-9-21-16/h3-10H,1-2H3/b15-10+. The van der Waals surface area contributed by atoms with Crippen molar-refractivity contribution in [1.82, 2.24) is 4.98 Å². The van der Waals surface area contributed by atoms with Gasteiger partial charge in [0.1, 0.15) is 16.8 Å². The molecular formula is C18H14N2OS. The van der Waals surface area contributed by atoms with Gasteiger partial charge in [-0.3, -0.25) is 0 Å². The van der Waals surface area contributed by atoms with E-state index in [1.54, 1.807) is 18.4 Å². The van der Waals surface area contributed by atoms with E-state index in [9.17, 15) is 5.26 Å². The van der Waals surface area contributed by atoms with Gasteiger partial charge in [0.25, 0.3) is 0 Å². The van der Waals surface area contributed by atoms with Crippen molar-refractivity contribution in [2.24, 2.45) is 0 Å². The first-order valence-electron chi connectivity index (χ1n) is 6.87. The maximum absolute atomic E-state index is 9.39. The molecule has 0 fully saturated rings. The van der Waals surface area contributed by atoms with Gasteiger partial charge in [-0.05, 0) is 26.0 Å². The Morgan fingerprint density at radius 3 is 2.64 bits per heavy atom. The van der Waals surface area contributed by atoms with Gasteiger partial charge >= 0.3 is 0 Å². The predicted octanol–water partition coefficient (Wildman–Crippen LogP) is 5.08. The van der Waals surface area contributed by atoms with Crippen molar-refractivity contribution in [1.29, 1.82) is 5.26 Å². The zero-order valence-electron chi connectivity index (χ0n) is 12.3. The van der Waals surface area contributed by atoms with Crippen LogP contribution >= 0.6 is 11.3 Å². The van der Waals surface area contributed by atoms with Crippen molar-refractivity contribution in [3.8, 4) is 17.3 Å². The molecule has 3 rings (SSSR count). The summed E-state index contributed by atoms with van der Waals surface area (Å²) < 4.78 is 5.27. The Bertz CT molecular complexity index is 850. The van der Waals surface area contributed by atoms with Gasteiger partial charge in [0.05, 0.1) is 17.5 Å². The van der Waals surface area contributed by atoms with E-state index in [1.807, 2.05) is 13.0 Å². The van der Waals surface area contributed by atoms with Crippen LogP contribution in [0, 0.1) is 25.2 Å². The second-order valence-electron chi connectivity index (χ2n) is 4.98. The average molecular weight is 306 g/mol. The molecule has 0 saturated carbocycles. The summed E-state index contributed by atoms with van der Waals surface area (Å²) in [6.07, 6.45) is 3.31. The summed E-state index contributed by atoms with van der Waals surface area (Å²) in [5.74, 6) is 0.654. The van der Waals surface area contributed by atoms with E-state index in [2.05, 4.69) is 42.2 Å². The number of furan rings is 1. The fourth-order valence-corrected chi connectivity index (χ4v) is 3.05. The number of benzene rings is 1. The highest BCUT2D eigenvalue weighted by molar-refractivity contribution is 7.13. The summed E-state index contributed by atoms with van der Waals surface area (Å²) in [5.41, 5.74) is 3.73. The monoisotopic (exact) mass is 306 g/mol. The van der Waals surface area contributed by atoms with Crippen LogP contribution in [0.5, 0.6) is 0 Å². The van der Waals surface area contributed by atoms with E-state index in [1.165, 1.54) is 16.9 Å². The average Bonchev–Trinajstić information content (AvgIpc) is 3.15. The zero-order valence-corrected chi connectivity index (χ0v) is 13.1. The maximum Gasteiger partial charge on any atom is 0.135 e. The lowest BCUT2D eigenvalue weighted by molar-refractivity contribution is 0.557. The zero-order chi connectivity index (χ0) is 15.5. The van der Waals surface area contributed by atoms with Crippen molar-refractivity contribution < 1.29 is 4.42 Å². The number of rotatable bonds is 3. The highest BCUT2D eigenvalue weighted by Crippen LogP contribution is 2.31. The van der Waals surface area contributed by atoms with E-state index in [0.29, 0.717) is 16.3 Å². The summed E-state index contributed by atoms with van der Waals surface area (Å²) >= 11 is 1.52. The Hall–Kier alpha value is -2.64. The highest BCUT2D eigenvalue weighted by Gasteiger charge is 2.13. The number of thiazole rings is 1. The SMILES string of the molecule is Cc1ccc(-c2nc(/C(C#N)=C/c3ccco3)sc2C)cc1. The van der Waals surface area contributed by atoms with Crippen LogP contribution < -0.4 is 0 Å². The topological polar surface area (TPSA) is 49.8 Å². The van der Waals surface area contributed by atoms with E-state index in [-0.39, 0.29) is 0 Å². The third kappa shape index (κ3) is 2.85. The minimum atomic E-state index is 0.515. The van der Waals surface area contributed by atoms with Crippen LogP contribution in [0.15, 0.2) is 47.1 Å². The molecule has 4 heteroatoms. The lowest BCUT2D eigenvalue weighted by Crippen LogP contribution is -1.83. The molecule has 2 aromatic heterocycles. The van der Waals surface area contributed by atoms with Gasteiger partial charge in [0.2, 0.25) is 0 Å². The minimum absolute atomic E-state index is 0.515. The van der Waals surface area contributed by atoms with Crippen LogP contribution in [0.2, 0.25) is 0 Å². The lowest BCUT2D eigenvalue weighted by Gasteiger charge is -1.99. The molecule has 1 aromatic carbocycles. The normalized spacial score (nSPS) is 11.4. The molecule has 3 aromatic rings. The molecule has 22 heavy (non-hydrogen) atoms. The fraction of sp³-hybridized carbons (Fsp3) is 0.111. The number of hydrogen-bond donors (Lipinski definition) is 0. The van der Waals surface area contributed by atoms with Gasteiger partial charge in [-0.1, -0.05) is 29.8 Å². The van der Waals surface area contributed by atoms with Gasteiger partial charge in [0, 0.05) is 16.5 Å². The second-order valence-corrected chi connectivity index (χ2v) is 6.18. The predicted molar refractivity (Wildman–Crippen MR) is 89.2 cm³/mol. The van der Waals surface area contributed by atoms with Crippen LogP contribution in [-0.4, -0.2) is 4.98 Å². The van der Waals surface area contributed by atoms with Crippen LogP contribution in [0.3, 0.4) is 0 Å². The van der Waals surface area contributed by atoms with Gasteiger partial charge in [-0.15, -0.1) is 11.3 Å². The number of nitrogens with zero attached hydrogens (tertiary/aromatic N) is 2. The third-order valence-electron chi connectivity index (χ3n) is 3.30. The molecule has 0 N–H and O–H groups in total. The van der Waals surface area contributed by atoms with Crippen molar-refractivity contribution in [3.63, 3.8) is 0 Å². The Balaban J connectivity index is 2.01. The quantitative estimate of drug-likeness (QED) is 0.634. The van der Waals surface area contributed by atoms with Crippen LogP contribution in [0.4, 0.5) is 0 Å². The van der Waals surface area contributed by atoms with Crippen molar-refractivity contribution in [2.75, 3.05) is 0 Å². The van der Waals surface area contributed by atoms with Crippen LogP contribution in [0.1, 0.15) is 21.2 Å². The molecule has 0 bridgehead atoms. The molecule has 0 aliphatic carbocycles. The molecular weight excluding hydrogens is 292 g/mol. The molecule has 108 valence electrons. The van der Waals surface area contributed by atoms with Gasteiger partial charge < -0.3 is 4.42 Å². The highest BCUT2D eigenvalue weighted by atomic mass is 32.1. The van der Waals surface area contributed by atoms with Crippen LogP contribution in [0.25, 0.3) is 22.9 Å². The Labute approximate surface area is 133 Å². The molecule has 0 unspecified atom stereocenters. The Morgan fingerprint density at radius 1 is 1.23 bits per heavy atom. The number of allylic oxidation sites excluding steroid dienone is 1. The summed E-state index contributed by atoms with van der Waals surface area (Å²) in [5, 5.41) is 10.1.